The number of benzene rings is 1. The van der Waals surface area contributed by atoms with E-state index in [0.717, 1.165) is 31.2 Å². The normalized spacial score (nSPS) is 12.3. The van der Waals surface area contributed by atoms with Gasteiger partial charge in [-0.2, -0.15) is 0 Å². The highest BCUT2D eigenvalue weighted by molar-refractivity contribution is 5.85. The fraction of sp³-hybridized carbons (Fsp3) is 0.655. The van der Waals surface area contributed by atoms with Crippen molar-refractivity contribution in [2.24, 2.45) is 0 Å². The number of hydrogen-bond acceptors (Lipinski definition) is 7. The Bertz CT molecular complexity index is 873. The summed E-state index contributed by atoms with van der Waals surface area (Å²) < 4.78 is 15.9. The van der Waals surface area contributed by atoms with Crippen molar-refractivity contribution in [3.8, 4) is 0 Å². The molecule has 9 heteroatoms. The summed E-state index contributed by atoms with van der Waals surface area (Å²) in [6.45, 7) is 11.3. The van der Waals surface area contributed by atoms with Crippen LogP contribution in [0.25, 0.3) is 0 Å². The van der Waals surface area contributed by atoms with E-state index in [0.29, 0.717) is 13.0 Å². The van der Waals surface area contributed by atoms with Crippen LogP contribution in [0.5, 0.6) is 0 Å². The summed E-state index contributed by atoms with van der Waals surface area (Å²) in [6, 6.07) is 8.58. The van der Waals surface area contributed by atoms with Gasteiger partial charge < -0.3 is 24.8 Å². The number of carbonyl (C=O) groups is 4. The summed E-state index contributed by atoms with van der Waals surface area (Å²) in [5.74, 6) is -1.25. The van der Waals surface area contributed by atoms with E-state index < -0.39 is 35.3 Å². The smallest absolute Gasteiger partial charge is 0.407 e. The zero-order valence-electron chi connectivity index (χ0n) is 23.9. The van der Waals surface area contributed by atoms with Crippen LogP contribution >= 0.6 is 0 Å². The summed E-state index contributed by atoms with van der Waals surface area (Å²) in [5, 5.41) is 5.46. The Hall–Kier alpha value is -3.10. The molecule has 2 N–H and O–H groups in total. The molecular formula is C29H46N2O7. The van der Waals surface area contributed by atoms with Crippen LogP contribution in [0.2, 0.25) is 0 Å². The average molecular weight is 535 g/mol. The molecule has 0 unspecified atom stereocenters. The van der Waals surface area contributed by atoms with Gasteiger partial charge in [0.05, 0.1) is 0 Å². The summed E-state index contributed by atoms with van der Waals surface area (Å²) in [7, 11) is 0. The minimum absolute atomic E-state index is 0.00467. The third kappa shape index (κ3) is 17.4. The first-order chi connectivity index (χ1) is 17.7. The molecule has 2 amide bonds. The molecule has 0 saturated carbocycles. The molecule has 0 aliphatic carbocycles. The lowest BCUT2D eigenvalue weighted by Crippen LogP contribution is -2.44. The number of rotatable bonds is 15. The van der Waals surface area contributed by atoms with Gasteiger partial charge in [-0.15, -0.1) is 0 Å². The second-order valence-corrected chi connectivity index (χ2v) is 11.3. The highest BCUT2D eigenvalue weighted by Crippen LogP contribution is 2.14. The van der Waals surface area contributed by atoms with Crippen molar-refractivity contribution < 1.29 is 33.4 Å². The molecular weight excluding hydrogens is 488 g/mol. The van der Waals surface area contributed by atoms with E-state index in [1.165, 1.54) is 0 Å². The average Bonchev–Trinajstić information content (AvgIpc) is 2.80. The highest BCUT2D eigenvalue weighted by Gasteiger charge is 2.28. The maximum Gasteiger partial charge on any atom is 0.407 e. The maximum absolute atomic E-state index is 12.6. The number of ether oxygens (including phenoxy) is 3. The third-order valence-electron chi connectivity index (χ3n) is 5.15. The van der Waals surface area contributed by atoms with Crippen molar-refractivity contribution in [3.63, 3.8) is 0 Å². The molecule has 0 spiro atoms. The maximum atomic E-state index is 12.6. The number of esters is 2. The first kappa shape index (κ1) is 32.9. The van der Waals surface area contributed by atoms with Gasteiger partial charge in [-0.3, -0.25) is 9.59 Å². The summed E-state index contributed by atoms with van der Waals surface area (Å²) in [6.07, 6.45) is 4.11. The Morgan fingerprint density at radius 2 is 1.39 bits per heavy atom. The standard InChI is InChI=1S/C29H46N2O7/c1-28(2,3)37-25(33)19-18-23(26(34)38-29(4,5)6)31-24(32)17-13-8-7-9-14-20-30-27(35)36-21-22-15-11-10-12-16-22/h10-12,15-16,23H,7-9,13-14,17-21H2,1-6H3,(H,30,35)(H,31,32)/t23-/m0/s1. The summed E-state index contributed by atoms with van der Waals surface area (Å²) in [4.78, 5) is 48.9. The Labute approximate surface area is 227 Å². The second-order valence-electron chi connectivity index (χ2n) is 11.3. The number of unbranched alkanes of at least 4 members (excludes halogenated alkanes) is 4. The molecule has 0 aromatic heterocycles. The Balaban J connectivity index is 2.27. The van der Waals surface area contributed by atoms with Crippen LogP contribution < -0.4 is 10.6 Å². The Morgan fingerprint density at radius 1 is 0.789 bits per heavy atom. The van der Waals surface area contributed by atoms with E-state index in [2.05, 4.69) is 10.6 Å². The van der Waals surface area contributed by atoms with Crippen LogP contribution in [0.3, 0.4) is 0 Å². The molecule has 9 nitrogen and oxygen atoms in total. The predicted molar refractivity (Wildman–Crippen MR) is 145 cm³/mol. The second kappa shape index (κ2) is 16.7. The first-order valence-electron chi connectivity index (χ1n) is 13.4. The van der Waals surface area contributed by atoms with E-state index in [9.17, 15) is 19.2 Å². The number of hydrogen-bond donors (Lipinski definition) is 2. The zero-order valence-corrected chi connectivity index (χ0v) is 23.9. The fourth-order valence-corrected chi connectivity index (χ4v) is 3.45. The molecule has 0 fully saturated rings. The van der Waals surface area contributed by atoms with E-state index in [4.69, 9.17) is 14.2 Å². The van der Waals surface area contributed by atoms with E-state index in [1.54, 1.807) is 41.5 Å². The van der Waals surface area contributed by atoms with Gasteiger partial charge in [0.1, 0.15) is 23.9 Å². The molecule has 0 aliphatic heterocycles. The largest absolute Gasteiger partial charge is 0.460 e. The molecule has 0 saturated heterocycles. The molecule has 1 atom stereocenters. The van der Waals surface area contributed by atoms with Gasteiger partial charge in [0.15, 0.2) is 0 Å². The number of amides is 2. The molecule has 214 valence electrons. The van der Waals surface area contributed by atoms with Gasteiger partial charge in [-0.25, -0.2) is 9.59 Å². The molecule has 0 aliphatic rings. The van der Waals surface area contributed by atoms with Gasteiger partial charge in [-0.05, 0) is 66.4 Å². The molecule has 0 radical (unpaired) electrons. The monoisotopic (exact) mass is 534 g/mol. The van der Waals surface area contributed by atoms with Gasteiger partial charge in [0.2, 0.25) is 5.91 Å². The zero-order chi connectivity index (χ0) is 28.6. The van der Waals surface area contributed by atoms with Crippen LogP contribution in [0, 0.1) is 0 Å². The lowest BCUT2D eigenvalue weighted by molar-refractivity contribution is -0.160. The topological polar surface area (TPSA) is 120 Å². The number of alkyl carbamates (subject to hydrolysis) is 1. The van der Waals surface area contributed by atoms with Crippen LogP contribution in [0.15, 0.2) is 30.3 Å². The SMILES string of the molecule is CC(C)(C)OC(=O)CC[C@H](NC(=O)CCCCCCCNC(=O)OCc1ccccc1)C(=O)OC(C)(C)C. The van der Waals surface area contributed by atoms with Crippen LogP contribution in [0.4, 0.5) is 4.79 Å². The first-order valence-corrected chi connectivity index (χ1v) is 13.4. The molecule has 1 rings (SSSR count). The third-order valence-corrected chi connectivity index (χ3v) is 5.15. The van der Waals surface area contributed by atoms with Crippen LogP contribution in [0.1, 0.15) is 98.5 Å². The lowest BCUT2D eigenvalue weighted by Gasteiger charge is -2.25. The quantitative estimate of drug-likeness (QED) is 0.180. The van der Waals surface area contributed by atoms with Crippen molar-refractivity contribution in [3.05, 3.63) is 35.9 Å². The molecule has 0 heterocycles. The van der Waals surface area contributed by atoms with E-state index >= 15 is 0 Å². The Morgan fingerprint density at radius 3 is 2.03 bits per heavy atom. The minimum Gasteiger partial charge on any atom is -0.460 e. The predicted octanol–water partition coefficient (Wildman–Crippen LogP) is 5.20. The van der Waals surface area contributed by atoms with Gasteiger partial charge in [0, 0.05) is 19.4 Å². The summed E-state index contributed by atoms with van der Waals surface area (Å²) >= 11 is 0. The summed E-state index contributed by atoms with van der Waals surface area (Å²) in [5.41, 5.74) is -0.393. The highest BCUT2D eigenvalue weighted by atomic mass is 16.6. The van der Waals surface area contributed by atoms with Crippen molar-refractivity contribution in [2.45, 2.75) is 117 Å². The molecule has 0 bridgehead atoms. The van der Waals surface area contributed by atoms with Crippen molar-refractivity contribution in [2.75, 3.05) is 6.54 Å². The number of carbonyl (C=O) groups excluding carboxylic acids is 4. The Kier molecular flexibility index (Phi) is 14.5. The molecule has 1 aromatic carbocycles. The van der Waals surface area contributed by atoms with E-state index in [-0.39, 0.29) is 31.8 Å². The van der Waals surface area contributed by atoms with Crippen LogP contribution in [-0.2, 0) is 35.2 Å². The van der Waals surface area contributed by atoms with Gasteiger partial charge in [0.25, 0.3) is 0 Å². The van der Waals surface area contributed by atoms with Gasteiger partial charge in [-0.1, -0.05) is 49.6 Å². The molecule has 1 aromatic rings. The van der Waals surface area contributed by atoms with Crippen LogP contribution in [-0.4, -0.2) is 47.7 Å². The number of nitrogens with one attached hydrogen (secondary N) is 2. The van der Waals surface area contributed by atoms with Gasteiger partial charge >= 0.3 is 18.0 Å². The lowest BCUT2D eigenvalue weighted by atomic mass is 10.1. The fourth-order valence-electron chi connectivity index (χ4n) is 3.45. The van der Waals surface area contributed by atoms with E-state index in [1.807, 2.05) is 30.3 Å². The van der Waals surface area contributed by atoms with Crippen molar-refractivity contribution in [1.82, 2.24) is 10.6 Å². The van der Waals surface area contributed by atoms with Crippen molar-refractivity contribution >= 4 is 23.9 Å². The molecule has 38 heavy (non-hydrogen) atoms. The minimum atomic E-state index is -0.915. The van der Waals surface area contributed by atoms with Crippen molar-refractivity contribution in [1.29, 1.82) is 0 Å².